The number of hydrogen-bond acceptors (Lipinski definition) is 2. The number of halogens is 1. The number of aryl methyl sites for hydroxylation is 1. The summed E-state index contributed by atoms with van der Waals surface area (Å²) in [7, 11) is 0. The Morgan fingerprint density at radius 1 is 1.33 bits per heavy atom. The van der Waals surface area contributed by atoms with E-state index in [1.807, 2.05) is 0 Å². The van der Waals surface area contributed by atoms with E-state index < -0.39 is 0 Å². The molecule has 1 aliphatic carbocycles. The normalized spacial score (nSPS) is 25.1. The molecule has 2 aliphatic rings. The van der Waals surface area contributed by atoms with Crippen LogP contribution in [0.2, 0.25) is 0 Å². The van der Waals surface area contributed by atoms with Crippen LogP contribution in [-0.4, -0.2) is 12.5 Å². The fourth-order valence-electron chi connectivity index (χ4n) is 3.53. The van der Waals surface area contributed by atoms with Crippen molar-refractivity contribution in [2.24, 2.45) is 11.8 Å². The van der Waals surface area contributed by atoms with Gasteiger partial charge in [-0.05, 0) is 48.8 Å². The highest BCUT2D eigenvalue weighted by Gasteiger charge is 2.20. The maximum Gasteiger partial charge on any atom is 0.224 e. The van der Waals surface area contributed by atoms with Crippen molar-refractivity contribution in [3.8, 4) is 0 Å². The van der Waals surface area contributed by atoms with Gasteiger partial charge < -0.3 is 10.6 Å². The summed E-state index contributed by atoms with van der Waals surface area (Å²) in [5.74, 6) is 1.20. The Morgan fingerprint density at radius 3 is 3.00 bits per heavy atom. The molecule has 3 rings (SSSR count). The highest BCUT2D eigenvalue weighted by atomic mass is 19.1. The molecule has 1 saturated carbocycles. The molecule has 0 bridgehead atoms. The minimum atomic E-state index is -0.214. The Balaban J connectivity index is 1.67. The lowest BCUT2D eigenvalue weighted by atomic mass is 9.82. The third kappa shape index (κ3) is 3.36. The molecule has 2 unspecified atom stereocenters. The lowest BCUT2D eigenvalue weighted by molar-refractivity contribution is -0.116. The Hall–Kier alpha value is -1.58. The van der Waals surface area contributed by atoms with Gasteiger partial charge in [0.05, 0.1) is 5.69 Å². The van der Waals surface area contributed by atoms with Crippen LogP contribution in [0.4, 0.5) is 15.8 Å². The maximum absolute atomic E-state index is 14.1. The highest BCUT2D eigenvalue weighted by Crippen LogP contribution is 2.31. The van der Waals surface area contributed by atoms with Crippen molar-refractivity contribution in [3.63, 3.8) is 0 Å². The van der Waals surface area contributed by atoms with E-state index in [1.54, 1.807) is 12.1 Å². The zero-order chi connectivity index (χ0) is 14.8. The average Bonchev–Trinajstić information content (AvgIpc) is 2.45. The average molecular weight is 290 g/mol. The third-order valence-electron chi connectivity index (χ3n) is 4.71. The molecule has 21 heavy (non-hydrogen) atoms. The molecular formula is C17H23FN2O. The van der Waals surface area contributed by atoms with Crippen molar-refractivity contribution in [1.29, 1.82) is 0 Å². The van der Waals surface area contributed by atoms with E-state index in [-0.39, 0.29) is 11.7 Å². The molecule has 1 fully saturated rings. The fraction of sp³-hybridized carbons (Fsp3) is 0.588. The molecule has 0 saturated heterocycles. The predicted molar refractivity (Wildman–Crippen MR) is 83.0 cm³/mol. The van der Waals surface area contributed by atoms with Gasteiger partial charge in [0.25, 0.3) is 0 Å². The second-order valence-electron chi connectivity index (χ2n) is 6.56. The number of carbonyl (C=O) groups is 1. The maximum atomic E-state index is 14.1. The summed E-state index contributed by atoms with van der Waals surface area (Å²) in [4.78, 5) is 11.4. The molecule has 114 valence electrons. The van der Waals surface area contributed by atoms with Gasteiger partial charge in [0, 0.05) is 18.7 Å². The van der Waals surface area contributed by atoms with Crippen molar-refractivity contribution in [3.05, 3.63) is 23.5 Å². The van der Waals surface area contributed by atoms with Crippen molar-refractivity contribution in [2.75, 3.05) is 17.2 Å². The first kappa shape index (κ1) is 14.4. The van der Waals surface area contributed by atoms with Crippen LogP contribution in [0.25, 0.3) is 0 Å². The number of fused-ring (bicyclic) bond motifs is 1. The molecule has 1 aromatic rings. The summed E-state index contributed by atoms with van der Waals surface area (Å²) in [6.07, 6.45) is 6.10. The zero-order valence-corrected chi connectivity index (χ0v) is 12.5. The topological polar surface area (TPSA) is 41.1 Å². The van der Waals surface area contributed by atoms with Crippen molar-refractivity contribution >= 4 is 17.3 Å². The quantitative estimate of drug-likeness (QED) is 0.885. The lowest BCUT2D eigenvalue weighted by Gasteiger charge is -2.27. The van der Waals surface area contributed by atoms with Crippen LogP contribution in [0.1, 0.15) is 44.6 Å². The van der Waals surface area contributed by atoms with Crippen molar-refractivity contribution < 1.29 is 9.18 Å². The van der Waals surface area contributed by atoms with Gasteiger partial charge in [-0.3, -0.25) is 4.79 Å². The number of anilines is 2. The molecular weight excluding hydrogens is 267 g/mol. The van der Waals surface area contributed by atoms with Crippen LogP contribution in [0.3, 0.4) is 0 Å². The minimum Gasteiger partial charge on any atom is -0.382 e. The summed E-state index contributed by atoms with van der Waals surface area (Å²) in [5, 5.41) is 6.07. The van der Waals surface area contributed by atoms with Crippen LogP contribution in [0.15, 0.2) is 12.1 Å². The van der Waals surface area contributed by atoms with Gasteiger partial charge in [0.2, 0.25) is 5.91 Å². The van der Waals surface area contributed by atoms with Crippen molar-refractivity contribution in [2.45, 2.75) is 45.4 Å². The molecule has 0 radical (unpaired) electrons. The third-order valence-corrected chi connectivity index (χ3v) is 4.71. The minimum absolute atomic E-state index is 0.0150. The molecule has 1 amide bonds. The van der Waals surface area contributed by atoms with E-state index >= 15 is 0 Å². The van der Waals surface area contributed by atoms with Gasteiger partial charge in [-0.2, -0.15) is 0 Å². The molecule has 1 aromatic carbocycles. The summed E-state index contributed by atoms with van der Waals surface area (Å²) < 4.78 is 14.1. The van der Waals surface area contributed by atoms with E-state index in [2.05, 4.69) is 17.6 Å². The number of nitrogens with one attached hydrogen (secondary N) is 2. The SMILES string of the molecule is CC1CCCC(CNc2cc3c(cc2F)CCC(=O)N3)C1. The van der Waals surface area contributed by atoms with E-state index in [0.717, 1.165) is 23.7 Å². The monoisotopic (exact) mass is 290 g/mol. The highest BCUT2D eigenvalue weighted by molar-refractivity contribution is 5.94. The van der Waals surface area contributed by atoms with Crippen LogP contribution in [0.5, 0.6) is 0 Å². The van der Waals surface area contributed by atoms with E-state index in [1.165, 1.54) is 25.7 Å². The number of rotatable bonds is 3. The smallest absolute Gasteiger partial charge is 0.224 e. The molecule has 0 spiro atoms. The Morgan fingerprint density at radius 2 is 2.19 bits per heavy atom. The molecule has 0 aromatic heterocycles. The Bertz CT molecular complexity index is 544. The number of hydrogen-bond donors (Lipinski definition) is 2. The van der Waals surface area contributed by atoms with Crippen LogP contribution in [-0.2, 0) is 11.2 Å². The number of amides is 1. The fourth-order valence-corrected chi connectivity index (χ4v) is 3.53. The Kier molecular flexibility index (Phi) is 4.13. The molecule has 2 atom stereocenters. The molecule has 2 N–H and O–H groups in total. The first-order valence-corrected chi connectivity index (χ1v) is 7.98. The van der Waals surface area contributed by atoms with Gasteiger partial charge in [-0.1, -0.05) is 19.8 Å². The van der Waals surface area contributed by atoms with E-state index in [9.17, 15) is 9.18 Å². The zero-order valence-electron chi connectivity index (χ0n) is 12.5. The second-order valence-corrected chi connectivity index (χ2v) is 6.56. The summed E-state index contributed by atoms with van der Waals surface area (Å²) in [6, 6.07) is 3.30. The molecule has 3 nitrogen and oxygen atoms in total. The van der Waals surface area contributed by atoms with Gasteiger partial charge in [-0.25, -0.2) is 4.39 Å². The summed E-state index contributed by atoms with van der Waals surface area (Å²) in [6.45, 7) is 3.11. The van der Waals surface area contributed by atoms with Gasteiger partial charge in [-0.15, -0.1) is 0 Å². The second kappa shape index (κ2) is 6.04. The lowest BCUT2D eigenvalue weighted by Crippen LogP contribution is -2.22. The standard InChI is InChI=1S/C17H23FN2O/c1-11-3-2-4-12(7-11)10-19-16-9-15-13(8-14(16)18)5-6-17(21)20-15/h8-9,11-12,19H,2-7,10H2,1H3,(H,20,21). The summed E-state index contributed by atoms with van der Waals surface area (Å²) in [5.41, 5.74) is 2.16. The van der Waals surface area contributed by atoms with E-state index in [4.69, 9.17) is 0 Å². The molecule has 1 aliphatic heterocycles. The first-order chi connectivity index (χ1) is 10.1. The van der Waals surface area contributed by atoms with Crippen molar-refractivity contribution in [1.82, 2.24) is 0 Å². The Labute approximate surface area is 125 Å². The van der Waals surface area contributed by atoms with Gasteiger partial charge in [0.1, 0.15) is 5.82 Å². The predicted octanol–water partition coefficient (Wildman–Crippen LogP) is 3.95. The van der Waals surface area contributed by atoms with Gasteiger partial charge >= 0.3 is 0 Å². The first-order valence-electron chi connectivity index (χ1n) is 7.98. The molecule has 4 heteroatoms. The number of carbonyl (C=O) groups excluding carboxylic acids is 1. The van der Waals surface area contributed by atoms with Gasteiger partial charge in [0.15, 0.2) is 0 Å². The van der Waals surface area contributed by atoms with E-state index in [0.29, 0.717) is 24.4 Å². The number of benzene rings is 1. The van der Waals surface area contributed by atoms with Crippen LogP contribution < -0.4 is 10.6 Å². The van der Waals surface area contributed by atoms with Crippen LogP contribution in [0, 0.1) is 17.7 Å². The van der Waals surface area contributed by atoms with Crippen LogP contribution >= 0.6 is 0 Å². The molecule has 1 heterocycles. The summed E-state index contributed by atoms with van der Waals surface area (Å²) >= 11 is 0. The largest absolute Gasteiger partial charge is 0.382 e.